The molecule has 1 N–H and O–H groups in total. The van der Waals surface area contributed by atoms with Gasteiger partial charge in [-0.15, -0.1) is 0 Å². The molecule has 0 atom stereocenters. The molecule has 0 fully saturated rings. The normalized spacial score (nSPS) is 12.2. The van der Waals surface area contributed by atoms with Crippen molar-refractivity contribution < 1.29 is 5.11 Å². The molecule has 3 heteroatoms. The molecular weight excluding hydrogens is 248 g/mol. The SMILES string of the molecule is CC(C)N(CCc1cn(C)c2cccc(O)c12)C(C)C. The highest BCUT2D eigenvalue weighted by atomic mass is 16.3. The lowest BCUT2D eigenvalue weighted by Gasteiger charge is -2.30. The fraction of sp³-hybridized carbons (Fsp3) is 0.529. The van der Waals surface area contributed by atoms with Gasteiger partial charge in [0.1, 0.15) is 5.75 Å². The van der Waals surface area contributed by atoms with Gasteiger partial charge in [-0.3, -0.25) is 4.90 Å². The molecule has 20 heavy (non-hydrogen) atoms. The van der Waals surface area contributed by atoms with Gasteiger partial charge in [-0.05, 0) is 51.8 Å². The lowest BCUT2D eigenvalue weighted by atomic mass is 10.1. The van der Waals surface area contributed by atoms with E-state index in [4.69, 9.17) is 0 Å². The number of nitrogens with zero attached hydrogens (tertiary/aromatic N) is 2. The van der Waals surface area contributed by atoms with Crippen molar-refractivity contribution in [2.24, 2.45) is 7.05 Å². The molecule has 0 saturated heterocycles. The summed E-state index contributed by atoms with van der Waals surface area (Å²) in [7, 11) is 2.04. The number of fused-ring (bicyclic) bond motifs is 1. The second-order valence-corrected chi connectivity index (χ2v) is 6.11. The third kappa shape index (κ3) is 2.83. The van der Waals surface area contributed by atoms with E-state index in [0.29, 0.717) is 17.8 Å². The molecule has 0 saturated carbocycles. The number of rotatable bonds is 5. The second kappa shape index (κ2) is 5.88. The maximum Gasteiger partial charge on any atom is 0.125 e. The minimum atomic E-state index is 0.388. The minimum absolute atomic E-state index is 0.388. The Bertz CT molecular complexity index is 576. The van der Waals surface area contributed by atoms with Gasteiger partial charge in [0.05, 0.1) is 5.52 Å². The molecule has 1 aromatic heterocycles. The first kappa shape index (κ1) is 14.9. The Balaban J connectivity index is 2.26. The number of aromatic hydroxyl groups is 1. The number of phenols is 1. The van der Waals surface area contributed by atoms with Gasteiger partial charge in [-0.25, -0.2) is 0 Å². The number of aryl methyl sites for hydroxylation is 1. The van der Waals surface area contributed by atoms with Crippen molar-refractivity contribution in [1.29, 1.82) is 0 Å². The van der Waals surface area contributed by atoms with Crippen LogP contribution in [-0.4, -0.2) is 33.2 Å². The van der Waals surface area contributed by atoms with Crippen LogP contribution < -0.4 is 0 Å². The Morgan fingerprint density at radius 2 is 1.80 bits per heavy atom. The van der Waals surface area contributed by atoms with Gasteiger partial charge in [-0.1, -0.05) is 6.07 Å². The highest BCUT2D eigenvalue weighted by molar-refractivity contribution is 5.89. The quantitative estimate of drug-likeness (QED) is 0.903. The van der Waals surface area contributed by atoms with Crippen molar-refractivity contribution in [3.05, 3.63) is 30.0 Å². The molecule has 0 aliphatic carbocycles. The van der Waals surface area contributed by atoms with Crippen LogP contribution in [0.15, 0.2) is 24.4 Å². The van der Waals surface area contributed by atoms with E-state index in [0.717, 1.165) is 23.9 Å². The van der Waals surface area contributed by atoms with Crippen LogP contribution in [-0.2, 0) is 13.5 Å². The van der Waals surface area contributed by atoms with Crippen LogP contribution in [0.1, 0.15) is 33.3 Å². The van der Waals surface area contributed by atoms with Crippen molar-refractivity contribution in [2.45, 2.75) is 46.2 Å². The number of hydrogen-bond acceptors (Lipinski definition) is 2. The molecule has 2 rings (SSSR count). The zero-order valence-electron chi connectivity index (χ0n) is 13.2. The molecule has 0 aliphatic rings. The molecule has 110 valence electrons. The zero-order chi connectivity index (χ0) is 14.9. The molecular formula is C17H26N2O. The lowest BCUT2D eigenvalue weighted by Crippen LogP contribution is -2.38. The average Bonchev–Trinajstić information content (AvgIpc) is 2.67. The van der Waals surface area contributed by atoms with Crippen LogP contribution >= 0.6 is 0 Å². The minimum Gasteiger partial charge on any atom is -0.507 e. The van der Waals surface area contributed by atoms with Gasteiger partial charge in [0.2, 0.25) is 0 Å². The van der Waals surface area contributed by atoms with Crippen LogP contribution in [0.5, 0.6) is 5.75 Å². The third-order valence-electron chi connectivity index (χ3n) is 4.04. The Kier molecular flexibility index (Phi) is 4.39. The molecule has 0 radical (unpaired) electrons. The Hall–Kier alpha value is -1.48. The van der Waals surface area contributed by atoms with Gasteiger partial charge < -0.3 is 9.67 Å². The molecule has 0 bridgehead atoms. The van der Waals surface area contributed by atoms with Crippen molar-refractivity contribution in [3.8, 4) is 5.75 Å². The Morgan fingerprint density at radius 3 is 2.40 bits per heavy atom. The summed E-state index contributed by atoms with van der Waals surface area (Å²) < 4.78 is 2.10. The van der Waals surface area contributed by atoms with Crippen molar-refractivity contribution in [3.63, 3.8) is 0 Å². The molecule has 1 heterocycles. The summed E-state index contributed by atoms with van der Waals surface area (Å²) in [6.45, 7) is 9.96. The summed E-state index contributed by atoms with van der Waals surface area (Å²) in [5, 5.41) is 11.1. The topological polar surface area (TPSA) is 28.4 Å². The molecule has 0 amide bonds. The summed E-state index contributed by atoms with van der Waals surface area (Å²) in [6.07, 6.45) is 3.11. The standard InChI is InChI=1S/C17H26N2O/c1-12(2)19(13(3)4)10-9-14-11-18(5)15-7-6-8-16(20)17(14)15/h6-8,11-13,20H,9-10H2,1-5H3. The first-order chi connectivity index (χ1) is 9.41. The molecule has 0 aliphatic heterocycles. The van der Waals surface area contributed by atoms with E-state index >= 15 is 0 Å². The maximum atomic E-state index is 10.1. The summed E-state index contributed by atoms with van der Waals surface area (Å²) in [5.41, 5.74) is 2.33. The van der Waals surface area contributed by atoms with Crippen molar-refractivity contribution in [1.82, 2.24) is 9.47 Å². The number of phenolic OH excluding ortho intramolecular Hbond substituents is 1. The maximum absolute atomic E-state index is 10.1. The van der Waals surface area contributed by atoms with Crippen LogP contribution in [0.4, 0.5) is 0 Å². The zero-order valence-corrected chi connectivity index (χ0v) is 13.2. The smallest absolute Gasteiger partial charge is 0.125 e. The fourth-order valence-electron chi connectivity index (χ4n) is 3.07. The number of hydrogen-bond donors (Lipinski definition) is 1. The largest absolute Gasteiger partial charge is 0.507 e. The predicted octanol–water partition coefficient (Wildman–Crippen LogP) is 3.55. The van der Waals surface area contributed by atoms with Crippen LogP contribution in [0.2, 0.25) is 0 Å². The first-order valence-electron chi connectivity index (χ1n) is 7.43. The van der Waals surface area contributed by atoms with E-state index in [1.54, 1.807) is 6.07 Å². The van der Waals surface area contributed by atoms with Gasteiger partial charge in [0, 0.05) is 37.3 Å². The summed E-state index contributed by atoms with van der Waals surface area (Å²) >= 11 is 0. The highest BCUT2D eigenvalue weighted by Gasteiger charge is 2.15. The first-order valence-corrected chi connectivity index (χ1v) is 7.43. The summed E-state index contributed by atoms with van der Waals surface area (Å²) in [5.74, 6) is 0.388. The number of aromatic nitrogens is 1. The third-order valence-corrected chi connectivity index (χ3v) is 4.04. The van der Waals surface area contributed by atoms with E-state index in [-0.39, 0.29) is 0 Å². The highest BCUT2D eigenvalue weighted by Crippen LogP contribution is 2.29. The summed E-state index contributed by atoms with van der Waals surface area (Å²) in [6, 6.07) is 6.81. The Labute approximate surface area is 121 Å². The van der Waals surface area contributed by atoms with E-state index in [2.05, 4.69) is 49.4 Å². The summed E-state index contributed by atoms with van der Waals surface area (Å²) in [4.78, 5) is 2.48. The van der Waals surface area contributed by atoms with Crippen molar-refractivity contribution in [2.75, 3.05) is 6.54 Å². The fourth-order valence-corrected chi connectivity index (χ4v) is 3.07. The number of benzene rings is 1. The predicted molar refractivity (Wildman–Crippen MR) is 85.3 cm³/mol. The molecule has 1 aromatic carbocycles. The van der Waals surface area contributed by atoms with Crippen LogP contribution in [0, 0.1) is 0 Å². The Morgan fingerprint density at radius 1 is 1.15 bits per heavy atom. The van der Waals surface area contributed by atoms with E-state index in [9.17, 15) is 5.11 Å². The van der Waals surface area contributed by atoms with E-state index < -0.39 is 0 Å². The van der Waals surface area contributed by atoms with E-state index in [1.807, 2.05) is 13.1 Å². The molecule has 2 aromatic rings. The van der Waals surface area contributed by atoms with Crippen molar-refractivity contribution >= 4 is 10.9 Å². The average molecular weight is 274 g/mol. The van der Waals surface area contributed by atoms with Crippen LogP contribution in [0.25, 0.3) is 10.9 Å². The molecule has 3 nitrogen and oxygen atoms in total. The van der Waals surface area contributed by atoms with Crippen LogP contribution in [0.3, 0.4) is 0 Å². The van der Waals surface area contributed by atoms with Gasteiger partial charge in [0.25, 0.3) is 0 Å². The van der Waals surface area contributed by atoms with Gasteiger partial charge >= 0.3 is 0 Å². The molecule has 0 spiro atoms. The second-order valence-electron chi connectivity index (χ2n) is 6.11. The molecule has 0 unspecified atom stereocenters. The van der Waals surface area contributed by atoms with Gasteiger partial charge in [0.15, 0.2) is 0 Å². The van der Waals surface area contributed by atoms with E-state index in [1.165, 1.54) is 5.56 Å². The van der Waals surface area contributed by atoms with Gasteiger partial charge in [-0.2, -0.15) is 0 Å². The lowest BCUT2D eigenvalue weighted by molar-refractivity contribution is 0.177. The monoisotopic (exact) mass is 274 g/mol.